The van der Waals surface area contributed by atoms with Crippen LogP contribution in [0.1, 0.15) is 19.4 Å². The molecular weight excluding hydrogens is 262 g/mol. The molecule has 0 heterocycles. The Hall–Kier alpha value is -2.49. The lowest BCUT2D eigenvalue weighted by molar-refractivity contribution is 0.193. The van der Waals surface area contributed by atoms with E-state index in [1.807, 2.05) is 68.4 Å². The van der Waals surface area contributed by atoms with Gasteiger partial charge in [-0.15, -0.1) is 0 Å². The van der Waals surface area contributed by atoms with Gasteiger partial charge in [0.1, 0.15) is 0 Å². The number of amides is 2. The van der Waals surface area contributed by atoms with Crippen LogP contribution in [0.25, 0.3) is 0 Å². The second kappa shape index (κ2) is 6.79. The maximum Gasteiger partial charge on any atom is 0.322 e. The van der Waals surface area contributed by atoms with Gasteiger partial charge in [0.25, 0.3) is 0 Å². The molecule has 0 saturated carbocycles. The number of anilines is 2. The fraction of sp³-hybridized carbons (Fsp3) is 0.235. The van der Waals surface area contributed by atoms with Crippen molar-refractivity contribution in [3.63, 3.8) is 0 Å². The van der Waals surface area contributed by atoms with Gasteiger partial charge in [-0.05, 0) is 43.7 Å². The predicted molar refractivity (Wildman–Crippen MR) is 87.0 cm³/mol. The Balaban J connectivity index is 2.10. The number of nitrogens with one attached hydrogen (secondary N) is 1. The zero-order valence-electron chi connectivity index (χ0n) is 12.4. The first-order valence-electron chi connectivity index (χ1n) is 7.03. The van der Waals surface area contributed by atoms with Crippen molar-refractivity contribution in [2.75, 3.05) is 11.1 Å². The lowest BCUT2D eigenvalue weighted by Gasteiger charge is -2.27. The zero-order chi connectivity index (χ0) is 15.2. The Morgan fingerprint density at radius 3 is 2.48 bits per heavy atom. The minimum atomic E-state index is -0.112. The molecule has 0 aliphatic rings. The first-order chi connectivity index (χ1) is 10.1. The van der Waals surface area contributed by atoms with Crippen LogP contribution in [0.15, 0.2) is 54.6 Å². The summed E-state index contributed by atoms with van der Waals surface area (Å²) >= 11 is 0. The third-order valence-electron chi connectivity index (χ3n) is 3.21. The van der Waals surface area contributed by atoms with E-state index in [0.29, 0.717) is 12.2 Å². The van der Waals surface area contributed by atoms with E-state index in [9.17, 15) is 4.79 Å². The van der Waals surface area contributed by atoms with E-state index in [-0.39, 0.29) is 12.1 Å². The van der Waals surface area contributed by atoms with Crippen molar-refractivity contribution in [1.29, 1.82) is 0 Å². The van der Waals surface area contributed by atoms with Gasteiger partial charge < -0.3 is 16.0 Å². The summed E-state index contributed by atoms with van der Waals surface area (Å²) in [6.45, 7) is 4.52. The third-order valence-corrected chi connectivity index (χ3v) is 3.21. The smallest absolute Gasteiger partial charge is 0.322 e. The van der Waals surface area contributed by atoms with Gasteiger partial charge in [-0.3, -0.25) is 0 Å². The molecule has 0 spiro atoms. The second-order valence-electron chi connectivity index (χ2n) is 5.26. The standard InChI is InChI=1S/C17H21N3O/c1-13(2)20(12-14-7-6-8-15(18)11-14)17(21)19-16-9-4-3-5-10-16/h3-11,13H,12,18H2,1-2H3,(H,19,21). The molecule has 2 aromatic carbocycles. The maximum absolute atomic E-state index is 12.4. The van der Waals surface area contributed by atoms with Crippen LogP contribution in [-0.4, -0.2) is 17.0 Å². The van der Waals surface area contributed by atoms with Crippen LogP contribution in [0.4, 0.5) is 16.2 Å². The van der Waals surface area contributed by atoms with Crippen LogP contribution in [0.5, 0.6) is 0 Å². The van der Waals surface area contributed by atoms with E-state index in [0.717, 1.165) is 11.3 Å². The van der Waals surface area contributed by atoms with Gasteiger partial charge in [0, 0.05) is 24.0 Å². The molecule has 4 heteroatoms. The normalized spacial score (nSPS) is 10.4. The van der Waals surface area contributed by atoms with Crippen molar-refractivity contribution in [3.05, 3.63) is 60.2 Å². The number of nitrogens with two attached hydrogens (primary N) is 1. The summed E-state index contributed by atoms with van der Waals surface area (Å²) in [5.41, 5.74) is 8.31. The Labute approximate surface area is 125 Å². The van der Waals surface area contributed by atoms with Gasteiger partial charge in [-0.2, -0.15) is 0 Å². The molecule has 0 atom stereocenters. The van der Waals surface area contributed by atoms with Crippen molar-refractivity contribution < 1.29 is 4.79 Å². The molecule has 0 unspecified atom stereocenters. The summed E-state index contributed by atoms with van der Waals surface area (Å²) in [7, 11) is 0. The molecule has 4 nitrogen and oxygen atoms in total. The van der Waals surface area contributed by atoms with Gasteiger partial charge >= 0.3 is 6.03 Å². The Morgan fingerprint density at radius 1 is 1.14 bits per heavy atom. The first-order valence-corrected chi connectivity index (χ1v) is 7.03. The van der Waals surface area contributed by atoms with Crippen LogP contribution in [0.2, 0.25) is 0 Å². The fourth-order valence-electron chi connectivity index (χ4n) is 2.09. The monoisotopic (exact) mass is 283 g/mol. The lowest BCUT2D eigenvalue weighted by atomic mass is 10.1. The van der Waals surface area contributed by atoms with Crippen molar-refractivity contribution in [1.82, 2.24) is 4.90 Å². The number of nitrogen functional groups attached to an aromatic ring is 1. The molecule has 0 bridgehead atoms. The van der Waals surface area contributed by atoms with Crippen molar-refractivity contribution in [2.24, 2.45) is 0 Å². The molecule has 0 radical (unpaired) electrons. The van der Waals surface area contributed by atoms with Gasteiger partial charge in [0.15, 0.2) is 0 Å². The molecule has 0 saturated heterocycles. The van der Waals surface area contributed by atoms with Crippen LogP contribution in [-0.2, 0) is 6.54 Å². The number of hydrogen-bond acceptors (Lipinski definition) is 2. The topological polar surface area (TPSA) is 58.4 Å². The summed E-state index contributed by atoms with van der Waals surface area (Å²) in [5.74, 6) is 0. The molecule has 0 fully saturated rings. The summed E-state index contributed by atoms with van der Waals surface area (Å²) in [4.78, 5) is 14.2. The van der Waals surface area contributed by atoms with Crippen molar-refractivity contribution >= 4 is 17.4 Å². The highest BCUT2D eigenvalue weighted by atomic mass is 16.2. The largest absolute Gasteiger partial charge is 0.399 e. The number of benzene rings is 2. The zero-order valence-corrected chi connectivity index (χ0v) is 12.4. The number of hydrogen-bond donors (Lipinski definition) is 2. The minimum Gasteiger partial charge on any atom is -0.399 e. The molecule has 2 amide bonds. The van der Waals surface area contributed by atoms with Gasteiger partial charge in [-0.1, -0.05) is 30.3 Å². The highest BCUT2D eigenvalue weighted by Gasteiger charge is 2.17. The third kappa shape index (κ3) is 4.24. The molecule has 21 heavy (non-hydrogen) atoms. The Bertz CT molecular complexity index is 596. The highest BCUT2D eigenvalue weighted by Crippen LogP contribution is 2.14. The molecule has 3 N–H and O–H groups in total. The number of nitrogens with zero attached hydrogens (tertiary/aromatic N) is 1. The average Bonchev–Trinajstić information content (AvgIpc) is 2.45. The SMILES string of the molecule is CC(C)N(Cc1cccc(N)c1)C(=O)Nc1ccccc1. The molecular formula is C17H21N3O. The van der Waals surface area contributed by atoms with Crippen molar-refractivity contribution in [2.45, 2.75) is 26.4 Å². The van der Waals surface area contributed by atoms with E-state index in [2.05, 4.69) is 5.32 Å². The van der Waals surface area contributed by atoms with E-state index in [1.165, 1.54) is 0 Å². The van der Waals surface area contributed by atoms with E-state index in [4.69, 9.17) is 5.73 Å². The van der Waals surface area contributed by atoms with Crippen molar-refractivity contribution in [3.8, 4) is 0 Å². The fourth-order valence-corrected chi connectivity index (χ4v) is 2.09. The molecule has 0 aromatic heterocycles. The number of para-hydroxylation sites is 1. The van der Waals surface area contributed by atoms with Crippen LogP contribution in [0, 0.1) is 0 Å². The van der Waals surface area contributed by atoms with E-state index in [1.54, 1.807) is 4.90 Å². The second-order valence-corrected chi connectivity index (χ2v) is 5.26. The van der Waals surface area contributed by atoms with Crippen LogP contribution >= 0.6 is 0 Å². The lowest BCUT2D eigenvalue weighted by Crippen LogP contribution is -2.39. The van der Waals surface area contributed by atoms with Gasteiger partial charge in [0.2, 0.25) is 0 Å². The molecule has 110 valence electrons. The van der Waals surface area contributed by atoms with Gasteiger partial charge in [0.05, 0.1) is 0 Å². The van der Waals surface area contributed by atoms with Gasteiger partial charge in [-0.25, -0.2) is 4.79 Å². The number of rotatable bonds is 4. The summed E-state index contributed by atoms with van der Waals surface area (Å²) in [5, 5.41) is 2.91. The molecule has 2 aromatic rings. The van der Waals surface area contributed by atoms with E-state index >= 15 is 0 Å². The molecule has 0 aliphatic carbocycles. The Morgan fingerprint density at radius 2 is 1.86 bits per heavy atom. The number of carbonyl (C=O) groups excluding carboxylic acids is 1. The molecule has 0 aliphatic heterocycles. The maximum atomic E-state index is 12.4. The quantitative estimate of drug-likeness (QED) is 0.840. The Kier molecular flexibility index (Phi) is 4.82. The number of carbonyl (C=O) groups is 1. The average molecular weight is 283 g/mol. The van der Waals surface area contributed by atoms with Crippen LogP contribution < -0.4 is 11.1 Å². The minimum absolute atomic E-state index is 0.0927. The van der Waals surface area contributed by atoms with E-state index < -0.39 is 0 Å². The van der Waals surface area contributed by atoms with Crippen LogP contribution in [0.3, 0.4) is 0 Å². The number of urea groups is 1. The summed E-state index contributed by atoms with van der Waals surface area (Å²) in [6.07, 6.45) is 0. The highest BCUT2D eigenvalue weighted by molar-refractivity contribution is 5.89. The first kappa shape index (κ1) is 14.9. The molecule has 2 rings (SSSR count). The predicted octanol–water partition coefficient (Wildman–Crippen LogP) is 3.71. The summed E-state index contributed by atoms with van der Waals surface area (Å²) < 4.78 is 0. The summed E-state index contributed by atoms with van der Waals surface area (Å²) in [6, 6.07) is 17.0.